The van der Waals surface area contributed by atoms with Gasteiger partial charge < -0.3 is 19.9 Å². The number of rotatable bonds is 9. The quantitative estimate of drug-likeness (QED) is 0.735. The van der Waals surface area contributed by atoms with Gasteiger partial charge in [-0.15, -0.1) is 0 Å². The van der Waals surface area contributed by atoms with E-state index < -0.39 is 0 Å². The molecule has 4 heteroatoms. The highest BCUT2D eigenvalue weighted by Gasteiger charge is 2.26. The summed E-state index contributed by atoms with van der Waals surface area (Å²) in [6.07, 6.45) is 1.74. The van der Waals surface area contributed by atoms with Gasteiger partial charge in [0.05, 0.1) is 19.8 Å². The average molecular weight is 295 g/mol. The molecule has 1 aromatic rings. The number of aryl methyl sites for hydroxylation is 1. The Balaban J connectivity index is 2.70. The molecular formula is C17H29NO3. The van der Waals surface area contributed by atoms with Crippen LogP contribution in [0.3, 0.4) is 0 Å². The van der Waals surface area contributed by atoms with Crippen LogP contribution in [0.2, 0.25) is 0 Å². The molecule has 0 saturated heterocycles. The van der Waals surface area contributed by atoms with Gasteiger partial charge in [-0.1, -0.05) is 13.0 Å². The van der Waals surface area contributed by atoms with Gasteiger partial charge in [0.2, 0.25) is 0 Å². The van der Waals surface area contributed by atoms with E-state index in [1.165, 1.54) is 0 Å². The lowest BCUT2D eigenvalue weighted by Crippen LogP contribution is -2.48. The molecule has 0 aliphatic carbocycles. The van der Waals surface area contributed by atoms with Crippen molar-refractivity contribution >= 4 is 0 Å². The van der Waals surface area contributed by atoms with Gasteiger partial charge in [-0.2, -0.15) is 0 Å². The number of hydrogen-bond acceptors (Lipinski definition) is 4. The highest BCUT2D eigenvalue weighted by atomic mass is 16.5. The first-order chi connectivity index (χ1) is 9.94. The fourth-order valence-electron chi connectivity index (χ4n) is 2.38. The van der Waals surface area contributed by atoms with Gasteiger partial charge in [0.25, 0.3) is 0 Å². The maximum Gasteiger partial charge on any atom is 0.161 e. The maximum atomic E-state index is 9.62. The summed E-state index contributed by atoms with van der Waals surface area (Å²) >= 11 is 0. The van der Waals surface area contributed by atoms with Crippen molar-refractivity contribution in [2.45, 2.75) is 52.2 Å². The van der Waals surface area contributed by atoms with E-state index in [1.807, 2.05) is 39.0 Å². The second-order valence-electron chi connectivity index (χ2n) is 5.93. The van der Waals surface area contributed by atoms with Gasteiger partial charge in [-0.3, -0.25) is 0 Å². The van der Waals surface area contributed by atoms with E-state index in [0.29, 0.717) is 0 Å². The lowest BCUT2D eigenvalue weighted by Gasteiger charge is -2.32. The van der Waals surface area contributed by atoms with Crippen molar-refractivity contribution in [1.82, 2.24) is 5.32 Å². The van der Waals surface area contributed by atoms with Crippen LogP contribution in [0.5, 0.6) is 11.5 Å². The monoisotopic (exact) mass is 295 g/mol. The summed E-state index contributed by atoms with van der Waals surface area (Å²) in [6, 6.07) is 5.90. The largest absolute Gasteiger partial charge is 0.493 e. The molecule has 1 aromatic carbocycles. The number of benzene rings is 1. The minimum absolute atomic E-state index is 0.0249. The first-order valence-corrected chi connectivity index (χ1v) is 7.61. The lowest BCUT2D eigenvalue weighted by molar-refractivity contribution is 0.108. The maximum absolute atomic E-state index is 9.62. The number of aliphatic hydroxyl groups is 1. The lowest BCUT2D eigenvalue weighted by atomic mass is 9.95. The molecular weight excluding hydrogens is 266 g/mol. The first-order valence-electron chi connectivity index (χ1n) is 7.61. The van der Waals surface area contributed by atoms with E-state index >= 15 is 0 Å². The van der Waals surface area contributed by atoms with E-state index in [9.17, 15) is 5.11 Å². The summed E-state index contributed by atoms with van der Waals surface area (Å²) in [4.78, 5) is 0. The van der Waals surface area contributed by atoms with Crippen molar-refractivity contribution < 1.29 is 14.6 Å². The van der Waals surface area contributed by atoms with Gasteiger partial charge in [0.1, 0.15) is 0 Å². The summed E-state index contributed by atoms with van der Waals surface area (Å²) in [5, 5.41) is 13.0. The van der Waals surface area contributed by atoms with Crippen LogP contribution in [0.15, 0.2) is 18.2 Å². The Hall–Kier alpha value is -1.26. The fraction of sp³-hybridized carbons (Fsp3) is 0.647. The Kier molecular flexibility index (Phi) is 6.99. The predicted octanol–water partition coefficient (Wildman–Crippen LogP) is 2.91. The van der Waals surface area contributed by atoms with E-state index in [1.54, 1.807) is 7.11 Å². The number of methoxy groups -OCH3 is 1. The third kappa shape index (κ3) is 5.56. The predicted molar refractivity (Wildman–Crippen MR) is 86.2 cm³/mol. The molecule has 0 amide bonds. The molecule has 0 bridgehead atoms. The van der Waals surface area contributed by atoms with Crippen LogP contribution < -0.4 is 14.8 Å². The van der Waals surface area contributed by atoms with Crippen molar-refractivity contribution in [2.75, 3.05) is 20.3 Å². The molecule has 0 fully saturated rings. The van der Waals surface area contributed by atoms with Crippen molar-refractivity contribution in [1.29, 1.82) is 0 Å². The van der Waals surface area contributed by atoms with Crippen molar-refractivity contribution in [3.8, 4) is 11.5 Å². The molecule has 0 heterocycles. The molecule has 2 atom stereocenters. The minimum Gasteiger partial charge on any atom is -0.493 e. The first kappa shape index (κ1) is 17.8. The molecule has 0 saturated carbocycles. The second-order valence-corrected chi connectivity index (χ2v) is 5.93. The normalized spacial score (nSPS) is 15.3. The number of ether oxygens (including phenoxy) is 2. The van der Waals surface area contributed by atoms with Crippen molar-refractivity contribution in [3.05, 3.63) is 23.8 Å². The summed E-state index contributed by atoms with van der Waals surface area (Å²) < 4.78 is 11.4. The zero-order valence-corrected chi connectivity index (χ0v) is 13.9. The molecule has 0 aromatic heterocycles. The summed E-state index contributed by atoms with van der Waals surface area (Å²) in [6.45, 7) is 9.15. The third-order valence-electron chi connectivity index (χ3n) is 3.54. The zero-order valence-electron chi connectivity index (χ0n) is 13.9. The molecule has 4 nitrogen and oxygen atoms in total. The highest BCUT2D eigenvalue weighted by Crippen LogP contribution is 2.29. The minimum atomic E-state index is -0.326. The Morgan fingerprint density at radius 3 is 2.62 bits per heavy atom. The summed E-state index contributed by atoms with van der Waals surface area (Å²) in [5.41, 5.74) is 0.810. The number of nitrogens with one attached hydrogen (secondary N) is 1. The van der Waals surface area contributed by atoms with E-state index in [-0.39, 0.29) is 18.2 Å². The van der Waals surface area contributed by atoms with Crippen LogP contribution in [-0.4, -0.2) is 37.0 Å². The number of hydrogen-bond donors (Lipinski definition) is 2. The molecule has 2 unspecified atom stereocenters. The molecule has 0 spiro atoms. The Morgan fingerprint density at radius 2 is 2.05 bits per heavy atom. The van der Waals surface area contributed by atoms with Crippen LogP contribution >= 0.6 is 0 Å². The summed E-state index contributed by atoms with van der Waals surface area (Å²) in [7, 11) is 1.65. The van der Waals surface area contributed by atoms with Crippen LogP contribution in [-0.2, 0) is 0 Å². The van der Waals surface area contributed by atoms with E-state index in [4.69, 9.17) is 9.47 Å². The highest BCUT2D eigenvalue weighted by molar-refractivity contribution is 5.42. The van der Waals surface area contributed by atoms with Crippen LogP contribution in [0.25, 0.3) is 0 Å². The van der Waals surface area contributed by atoms with Gasteiger partial charge in [-0.05, 0) is 51.4 Å². The standard InChI is InChI=1S/C17H29NO3/c1-6-9-18-17(4,12-19)11-14(3)21-15-8-7-13(2)10-16(15)20-5/h7-8,10,14,18-19H,6,9,11-12H2,1-5H3. The number of aliphatic hydroxyl groups excluding tert-OH is 1. The molecule has 120 valence electrons. The van der Waals surface area contributed by atoms with Crippen LogP contribution in [0.4, 0.5) is 0 Å². The summed E-state index contributed by atoms with van der Waals surface area (Å²) in [5.74, 6) is 1.49. The van der Waals surface area contributed by atoms with Gasteiger partial charge >= 0.3 is 0 Å². The molecule has 0 aliphatic heterocycles. The van der Waals surface area contributed by atoms with Crippen molar-refractivity contribution in [2.24, 2.45) is 0 Å². The fourth-order valence-corrected chi connectivity index (χ4v) is 2.38. The van der Waals surface area contributed by atoms with Crippen LogP contribution in [0.1, 0.15) is 39.2 Å². The SMILES string of the molecule is CCCNC(C)(CO)CC(C)Oc1ccc(C)cc1OC. The Morgan fingerprint density at radius 1 is 1.33 bits per heavy atom. The second kappa shape index (κ2) is 8.25. The van der Waals surface area contributed by atoms with Gasteiger partial charge in [0, 0.05) is 12.0 Å². The van der Waals surface area contributed by atoms with Gasteiger partial charge in [-0.25, -0.2) is 0 Å². The zero-order chi connectivity index (χ0) is 15.9. The van der Waals surface area contributed by atoms with Crippen molar-refractivity contribution in [3.63, 3.8) is 0 Å². The average Bonchev–Trinajstić information content (AvgIpc) is 2.46. The molecule has 0 aliphatic rings. The molecule has 2 N–H and O–H groups in total. The Bertz CT molecular complexity index is 436. The van der Waals surface area contributed by atoms with Gasteiger partial charge in [0.15, 0.2) is 11.5 Å². The molecule has 21 heavy (non-hydrogen) atoms. The molecule has 1 rings (SSSR count). The molecule has 0 radical (unpaired) electrons. The van der Waals surface area contributed by atoms with Crippen LogP contribution in [0, 0.1) is 6.92 Å². The van der Waals surface area contributed by atoms with E-state index in [2.05, 4.69) is 12.2 Å². The third-order valence-corrected chi connectivity index (χ3v) is 3.54. The topological polar surface area (TPSA) is 50.7 Å². The smallest absolute Gasteiger partial charge is 0.161 e. The van der Waals surface area contributed by atoms with E-state index in [0.717, 1.165) is 36.4 Å². The Labute approximate surface area is 128 Å².